The maximum atomic E-state index is 9.14. The third kappa shape index (κ3) is 1.70. The van der Waals surface area contributed by atoms with Crippen molar-refractivity contribution in [3.8, 4) is 0 Å². The van der Waals surface area contributed by atoms with Crippen molar-refractivity contribution >= 4 is 0 Å². The maximum absolute atomic E-state index is 9.14. The van der Waals surface area contributed by atoms with Gasteiger partial charge in [-0.1, -0.05) is 6.92 Å². The molecule has 0 aromatic heterocycles. The molecule has 0 aromatic carbocycles. The van der Waals surface area contributed by atoms with Crippen molar-refractivity contribution in [3.63, 3.8) is 0 Å². The van der Waals surface area contributed by atoms with Crippen molar-refractivity contribution in [2.75, 3.05) is 0 Å². The number of ether oxygens (including phenoxy) is 1. The van der Waals surface area contributed by atoms with E-state index in [0.717, 1.165) is 19.3 Å². The summed E-state index contributed by atoms with van der Waals surface area (Å²) >= 11 is 0. The molecule has 1 heterocycles. The Hall–Kier alpha value is -0.0800. The Morgan fingerprint density at radius 2 is 2.30 bits per heavy atom. The molecule has 2 nitrogen and oxygen atoms in total. The van der Waals surface area contributed by atoms with E-state index in [0.29, 0.717) is 6.10 Å². The zero-order valence-corrected chi connectivity index (χ0v) is 6.71. The van der Waals surface area contributed by atoms with E-state index in [1.54, 1.807) is 6.92 Å². The van der Waals surface area contributed by atoms with Crippen molar-refractivity contribution in [1.82, 2.24) is 0 Å². The SMILES string of the molecule is CCC1CCC(C(C)O)O1. The van der Waals surface area contributed by atoms with E-state index in [2.05, 4.69) is 6.92 Å². The van der Waals surface area contributed by atoms with E-state index < -0.39 is 0 Å². The van der Waals surface area contributed by atoms with Gasteiger partial charge in [-0.2, -0.15) is 0 Å². The molecule has 0 bridgehead atoms. The summed E-state index contributed by atoms with van der Waals surface area (Å²) in [6.07, 6.45) is 3.42. The van der Waals surface area contributed by atoms with Crippen molar-refractivity contribution in [2.24, 2.45) is 0 Å². The van der Waals surface area contributed by atoms with Gasteiger partial charge in [0, 0.05) is 0 Å². The molecule has 0 radical (unpaired) electrons. The fourth-order valence-electron chi connectivity index (χ4n) is 1.39. The molecule has 2 heteroatoms. The molecule has 1 rings (SSSR count). The Bertz CT molecular complexity index is 101. The number of aliphatic hydroxyl groups is 1. The molecule has 0 saturated carbocycles. The van der Waals surface area contributed by atoms with Crippen molar-refractivity contribution < 1.29 is 9.84 Å². The summed E-state index contributed by atoms with van der Waals surface area (Å²) < 4.78 is 5.52. The summed E-state index contributed by atoms with van der Waals surface area (Å²) in [6, 6.07) is 0. The Labute approximate surface area is 62.2 Å². The largest absolute Gasteiger partial charge is 0.391 e. The van der Waals surface area contributed by atoms with Crippen LogP contribution in [0.15, 0.2) is 0 Å². The predicted molar refractivity (Wildman–Crippen MR) is 39.9 cm³/mol. The lowest BCUT2D eigenvalue weighted by atomic mass is 10.1. The van der Waals surface area contributed by atoms with Crippen LogP contribution in [0.25, 0.3) is 0 Å². The molecule has 0 amide bonds. The van der Waals surface area contributed by atoms with Gasteiger partial charge in [0.15, 0.2) is 0 Å². The Balaban J connectivity index is 2.28. The third-order valence-corrected chi connectivity index (χ3v) is 2.13. The molecule has 3 unspecified atom stereocenters. The highest BCUT2D eigenvalue weighted by molar-refractivity contribution is 4.75. The van der Waals surface area contributed by atoms with Crippen LogP contribution in [0, 0.1) is 0 Å². The van der Waals surface area contributed by atoms with Crippen LogP contribution in [-0.4, -0.2) is 23.4 Å². The summed E-state index contributed by atoms with van der Waals surface area (Å²) in [5.74, 6) is 0. The molecule has 1 fully saturated rings. The molecule has 0 aromatic rings. The monoisotopic (exact) mass is 144 g/mol. The maximum Gasteiger partial charge on any atom is 0.0835 e. The number of hydrogen-bond donors (Lipinski definition) is 1. The highest BCUT2D eigenvalue weighted by Crippen LogP contribution is 2.23. The molecule has 1 N–H and O–H groups in total. The molecule has 1 aliphatic rings. The van der Waals surface area contributed by atoms with E-state index >= 15 is 0 Å². The summed E-state index contributed by atoms with van der Waals surface area (Å²) in [5, 5.41) is 9.14. The van der Waals surface area contributed by atoms with E-state index in [9.17, 15) is 0 Å². The quantitative estimate of drug-likeness (QED) is 0.633. The van der Waals surface area contributed by atoms with Gasteiger partial charge in [0.2, 0.25) is 0 Å². The normalized spacial score (nSPS) is 36.3. The fraction of sp³-hybridized carbons (Fsp3) is 1.00. The minimum atomic E-state index is -0.295. The molecule has 10 heavy (non-hydrogen) atoms. The summed E-state index contributed by atoms with van der Waals surface area (Å²) in [7, 11) is 0. The van der Waals surface area contributed by atoms with E-state index in [1.807, 2.05) is 0 Å². The van der Waals surface area contributed by atoms with Gasteiger partial charge in [0.25, 0.3) is 0 Å². The second-order valence-corrected chi connectivity index (χ2v) is 3.02. The van der Waals surface area contributed by atoms with Crippen LogP contribution in [0.5, 0.6) is 0 Å². The number of rotatable bonds is 2. The lowest BCUT2D eigenvalue weighted by Crippen LogP contribution is -2.22. The van der Waals surface area contributed by atoms with E-state index in [4.69, 9.17) is 9.84 Å². The van der Waals surface area contributed by atoms with Gasteiger partial charge in [-0.25, -0.2) is 0 Å². The Morgan fingerprint density at radius 1 is 1.60 bits per heavy atom. The second-order valence-electron chi connectivity index (χ2n) is 3.02. The van der Waals surface area contributed by atoms with Gasteiger partial charge in [-0.15, -0.1) is 0 Å². The van der Waals surface area contributed by atoms with Crippen LogP contribution >= 0.6 is 0 Å². The minimum absolute atomic E-state index is 0.102. The predicted octanol–water partition coefficient (Wildman–Crippen LogP) is 1.32. The highest BCUT2D eigenvalue weighted by Gasteiger charge is 2.26. The fourth-order valence-corrected chi connectivity index (χ4v) is 1.39. The lowest BCUT2D eigenvalue weighted by Gasteiger charge is -2.14. The van der Waals surface area contributed by atoms with Gasteiger partial charge in [-0.3, -0.25) is 0 Å². The lowest BCUT2D eigenvalue weighted by molar-refractivity contribution is -0.0271. The van der Waals surface area contributed by atoms with Crippen LogP contribution in [0.3, 0.4) is 0 Å². The molecule has 3 atom stereocenters. The summed E-state index contributed by atoms with van der Waals surface area (Å²) in [6.45, 7) is 3.91. The Morgan fingerprint density at radius 3 is 2.60 bits per heavy atom. The first-order valence-corrected chi connectivity index (χ1v) is 4.07. The van der Waals surface area contributed by atoms with E-state index in [-0.39, 0.29) is 12.2 Å². The van der Waals surface area contributed by atoms with Crippen molar-refractivity contribution in [2.45, 2.75) is 51.4 Å². The average Bonchev–Trinajstić information content (AvgIpc) is 2.34. The second kappa shape index (κ2) is 3.35. The van der Waals surface area contributed by atoms with Crippen LogP contribution in [0.2, 0.25) is 0 Å². The molecular weight excluding hydrogens is 128 g/mol. The van der Waals surface area contributed by atoms with Gasteiger partial charge >= 0.3 is 0 Å². The molecule has 0 aliphatic carbocycles. The van der Waals surface area contributed by atoms with Crippen LogP contribution in [0.1, 0.15) is 33.1 Å². The highest BCUT2D eigenvalue weighted by atomic mass is 16.5. The minimum Gasteiger partial charge on any atom is -0.391 e. The van der Waals surface area contributed by atoms with Crippen LogP contribution in [0.4, 0.5) is 0 Å². The first-order valence-electron chi connectivity index (χ1n) is 4.07. The van der Waals surface area contributed by atoms with Crippen molar-refractivity contribution in [3.05, 3.63) is 0 Å². The van der Waals surface area contributed by atoms with E-state index in [1.165, 1.54) is 0 Å². The molecule has 60 valence electrons. The topological polar surface area (TPSA) is 29.5 Å². The third-order valence-electron chi connectivity index (χ3n) is 2.13. The summed E-state index contributed by atoms with van der Waals surface area (Å²) in [5.41, 5.74) is 0. The molecule has 1 saturated heterocycles. The number of aliphatic hydroxyl groups excluding tert-OH is 1. The molecular formula is C8H16O2. The first-order chi connectivity index (χ1) is 4.74. The van der Waals surface area contributed by atoms with Gasteiger partial charge < -0.3 is 9.84 Å². The zero-order valence-electron chi connectivity index (χ0n) is 6.71. The van der Waals surface area contributed by atoms with Gasteiger partial charge in [0.05, 0.1) is 18.3 Å². The smallest absolute Gasteiger partial charge is 0.0835 e. The summed E-state index contributed by atoms with van der Waals surface area (Å²) in [4.78, 5) is 0. The standard InChI is InChI=1S/C8H16O2/c1-3-7-4-5-8(10-7)6(2)9/h6-9H,3-5H2,1-2H3. The van der Waals surface area contributed by atoms with Crippen LogP contribution < -0.4 is 0 Å². The molecule has 0 spiro atoms. The number of hydrogen-bond acceptors (Lipinski definition) is 2. The van der Waals surface area contributed by atoms with Crippen molar-refractivity contribution in [1.29, 1.82) is 0 Å². The van der Waals surface area contributed by atoms with Gasteiger partial charge in [-0.05, 0) is 26.2 Å². The van der Waals surface area contributed by atoms with Crippen LogP contribution in [-0.2, 0) is 4.74 Å². The Kier molecular flexibility index (Phi) is 2.69. The molecule has 1 aliphatic heterocycles. The average molecular weight is 144 g/mol. The first kappa shape index (κ1) is 8.02. The van der Waals surface area contributed by atoms with Gasteiger partial charge in [0.1, 0.15) is 0 Å². The zero-order chi connectivity index (χ0) is 7.56.